The Labute approximate surface area is 101 Å². The number of carbonyl (C=O) groups is 1. The van der Waals surface area contributed by atoms with Gasteiger partial charge < -0.3 is 4.74 Å². The molecule has 0 N–H and O–H groups in total. The van der Waals surface area contributed by atoms with Gasteiger partial charge in [-0.3, -0.25) is 4.79 Å². The summed E-state index contributed by atoms with van der Waals surface area (Å²) in [6.45, 7) is 14.5. The molecule has 0 fully saturated rings. The first kappa shape index (κ1) is 15.5. The lowest BCUT2D eigenvalue weighted by atomic mass is 9.81. The van der Waals surface area contributed by atoms with Crippen molar-refractivity contribution in [3.8, 4) is 0 Å². The van der Waals surface area contributed by atoms with Gasteiger partial charge in [0.1, 0.15) is 5.60 Å². The molecule has 0 spiro atoms. The summed E-state index contributed by atoms with van der Waals surface area (Å²) in [5.41, 5.74) is -0.365. The zero-order valence-electron chi connectivity index (χ0n) is 12.0. The van der Waals surface area contributed by atoms with Crippen LogP contribution in [0.25, 0.3) is 0 Å². The van der Waals surface area contributed by atoms with Gasteiger partial charge in [-0.2, -0.15) is 0 Å². The zero-order valence-corrected chi connectivity index (χ0v) is 12.0. The maximum atomic E-state index is 11.7. The molecule has 0 aliphatic rings. The monoisotopic (exact) mass is 228 g/mol. The van der Waals surface area contributed by atoms with E-state index in [4.69, 9.17) is 4.74 Å². The zero-order chi connectivity index (χ0) is 12.9. The first-order valence-electron chi connectivity index (χ1n) is 6.39. The number of rotatable bonds is 5. The third kappa shape index (κ3) is 6.14. The number of ether oxygens (including phenoxy) is 1. The molecule has 0 aromatic heterocycles. The van der Waals surface area contributed by atoms with Crippen molar-refractivity contribution in [3.05, 3.63) is 0 Å². The van der Waals surface area contributed by atoms with Gasteiger partial charge in [-0.05, 0) is 38.5 Å². The van der Waals surface area contributed by atoms with Crippen molar-refractivity contribution in [3.63, 3.8) is 0 Å². The van der Waals surface area contributed by atoms with Crippen LogP contribution in [0.3, 0.4) is 0 Å². The molecule has 0 unspecified atom stereocenters. The fraction of sp³-hybridized carbons (Fsp3) is 0.929. The van der Waals surface area contributed by atoms with E-state index in [0.29, 0.717) is 24.2 Å². The van der Waals surface area contributed by atoms with Gasteiger partial charge in [-0.15, -0.1) is 0 Å². The molecule has 0 heterocycles. The second-order valence-electron chi connectivity index (χ2n) is 6.06. The first-order valence-corrected chi connectivity index (χ1v) is 6.39. The highest BCUT2D eigenvalue weighted by Gasteiger charge is 2.24. The Hall–Kier alpha value is -0.530. The van der Waals surface area contributed by atoms with Gasteiger partial charge in [0.25, 0.3) is 0 Å². The van der Waals surface area contributed by atoms with Gasteiger partial charge in [-0.25, -0.2) is 0 Å². The molecule has 2 heteroatoms. The summed E-state index contributed by atoms with van der Waals surface area (Å²) in [6.07, 6.45) is 1.59. The first-order chi connectivity index (χ1) is 7.17. The van der Waals surface area contributed by atoms with Crippen molar-refractivity contribution in [2.75, 3.05) is 0 Å². The minimum atomic E-state index is -0.365. The van der Waals surface area contributed by atoms with Crippen LogP contribution in [0.15, 0.2) is 0 Å². The van der Waals surface area contributed by atoms with Crippen molar-refractivity contribution >= 4 is 5.97 Å². The Morgan fingerprint density at radius 2 is 1.69 bits per heavy atom. The van der Waals surface area contributed by atoms with E-state index in [9.17, 15) is 4.79 Å². The average Bonchev–Trinajstić information content (AvgIpc) is 2.09. The van der Waals surface area contributed by atoms with E-state index in [1.807, 2.05) is 20.8 Å². The highest BCUT2D eigenvalue weighted by Crippen LogP contribution is 2.27. The number of esters is 1. The highest BCUT2D eigenvalue weighted by molar-refractivity contribution is 5.70. The molecule has 0 bridgehead atoms. The number of hydrogen-bond donors (Lipinski definition) is 0. The van der Waals surface area contributed by atoms with Crippen LogP contribution in [0.5, 0.6) is 0 Å². The maximum Gasteiger partial charge on any atom is 0.306 e. The predicted molar refractivity (Wildman–Crippen MR) is 68.2 cm³/mol. The summed E-state index contributed by atoms with van der Waals surface area (Å²) >= 11 is 0. The van der Waals surface area contributed by atoms with Gasteiger partial charge in [-0.1, -0.05) is 34.1 Å². The second-order valence-corrected chi connectivity index (χ2v) is 6.06. The highest BCUT2D eigenvalue weighted by atomic mass is 16.6. The quantitative estimate of drug-likeness (QED) is 0.664. The molecule has 0 amide bonds. The fourth-order valence-corrected chi connectivity index (χ4v) is 1.84. The minimum absolute atomic E-state index is 0.0631. The number of hydrogen-bond acceptors (Lipinski definition) is 2. The lowest BCUT2D eigenvalue weighted by molar-refractivity contribution is -0.156. The predicted octanol–water partition coefficient (Wildman–Crippen LogP) is 4.04. The summed E-state index contributed by atoms with van der Waals surface area (Å²) < 4.78 is 5.36. The van der Waals surface area contributed by atoms with E-state index in [0.717, 1.165) is 6.42 Å². The largest absolute Gasteiger partial charge is 0.460 e. The lowest BCUT2D eigenvalue weighted by Crippen LogP contribution is -2.27. The molecule has 2 atom stereocenters. The lowest BCUT2D eigenvalue weighted by Gasteiger charge is -2.27. The van der Waals surface area contributed by atoms with Crippen LogP contribution < -0.4 is 0 Å². The topological polar surface area (TPSA) is 26.3 Å². The minimum Gasteiger partial charge on any atom is -0.460 e. The summed E-state index contributed by atoms with van der Waals surface area (Å²) in [5, 5.41) is 0. The third-order valence-corrected chi connectivity index (χ3v) is 3.17. The van der Waals surface area contributed by atoms with E-state index in [1.54, 1.807) is 0 Å². The normalized spacial score (nSPS) is 16.0. The molecule has 0 aromatic rings. The summed E-state index contributed by atoms with van der Waals surface area (Å²) in [6, 6.07) is 0. The van der Waals surface area contributed by atoms with Crippen LogP contribution >= 0.6 is 0 Å². The van der Waals surface area contributed by atoms with E-state index < -0.39 is 0 Å². The maximum absolute atomic E-state index is 11.7. The van der Waals surface area contributed by atoms with Gasteiger partial charge in [0, 0.05) is 6.42 Å². The van der Waals surface area contributed by atoms with E-state index >= 15 is 0 Å². The molecule has 0 saturated heterocycles. The molecule has 0 radical (unpaired) electrons. The Morgan fingerprint density at radius 3 is 2.00 bits per heavy atom. The van der Waals surface area contributed by atoms with Crippen molar-refractivity contribution in [2.45, 2.75) is 66.9 Å². The molecule has 16 heavy (non-hydrogen) atoms. The third-order valence-electron chi connectivity index (χ3n) is 3.17. The van der Waals surface area contributed by atoms with Crippen LogP contribution in [0, 0.1) is 17.8 Å². The van der Waals surface area contributed by atoms with Crippen molar-refractivity contribution in [1.29, 1.82) is 0 Å². The molecule has 96 valence electrons. The smallest absolute Gasteiger partial charge is 0.306 e. The fourth-order valence-electron chi connectivity index (χ4n) is 1.84. The number of carbonyl (C=O) groups excluding carboxylic acids is 1. The molecule has 2 nitrogen and oxygen atoms in total. The Balaban J connectivity index is 4.28. The molecule has 0 rings (SSSR count). The molecule has 0 aromatic carbocycles. The molecular formula is C14H28O2. The van der Waals surface area contributed by atoms with Crippen LogP contribution in [0.1, 0.15) is 61.3 Å². The van der Waals surface area contributed by atoms with Crippen LogP contribution in [-0.4, -0.2) is 11.6 Å². The van der Waals surface area contributed by atoms with Crippen molar-refractivity contribution < 1.29 is 9.53 Å². The average molecular weight is 228 g/mol. The standard InChI is InChI=1S/C14H28O2/c1-8-12(11(4)10(2)3)9-13(15)16-14(5,6)7/h10-12H,8-9H2,1-7H3/t11-,12+/m0/s1. The van der Waals surface area contributed by atoms with E-state index in [-0.39, 0.29) is 11.6 Å². The van der Waals surface area contributed by atoms with Gasteiger partial charge >= 0.3 is 5.97 Å². The summed E-state index contributed by atoms with van der Waals surface area (Å²) in [7, 11) is 0. The van der Waals surface area contributed by atoms with Gasteiger partial charge in [0.2, 0.25) is 0 Å². The Bertz CT molecular complexity index is 213. The Morgan fingerprint density at radius 1 is 1.19 bits per heavy atom. The molecular weight excluding hydrogens is 200 g/mol. The van der Waals surface area contributed by atoms with Gasteiger partial charge in [0.05, 0.1) is 0 Å². The molecule has 0 aliphatic carbocycles. The van der Waals surface area contributed by atoms with Crippen molar-refractivity contribution in [2.24, 2.45) is 17.8 Å². The van der Waals surface area contributed by atoms with Gasteiger partial charge in [0.15, 0.2) is 0 Å². The second kappa shape index (κ2) is 6.27. The Kier molecular flexibility index (Phi) is 6.06. The van der Waals surface area contributed by atoms with E-state index in [1.165, 1.54) is 0 Å². The summed E-state index contributed by atoms with van der Waals surface area (Å²) in [5.74, 6) is 1.56. The van der Waals surface area contributed by atoms with Crippen LogP contribution in [0.2, 0.25) is 0 Å². The molecule has 0 aliphatic heterocycles. The van der Waals surface area contributed by atoms with Crippen LogP contribution in [-0.2, 0) is 9.53 Å². The van der Waals surface area contributed by atoms with E-state index in [2.05, 4.69) is 27.7 Å². The molecule has 0 saturated carbocycles. The SMILES string of the molecule is CC[C@H](CC(=O)OC(C)(C)C)[C@@H](C)C(C)C. The van der Waals surface area contributed by atoms with Crippen molar-refractivity contribution in [1.82, 2.24) is 0 Å². The summed E-state index contributed by atoms with van der Waals surface area (Å²) in [4.78, 5) is 11.7. The van der Waals surface area contributed by atoms with Crippen LogP contribution in [0.4, 0.5) is 0 Å².